The Morgan fingerprint density at radius 3 is 2.48 bits per heavy atom. The molecule has 0 saturated heterocycles. The van der Waals surface area contributed by atoms with Crippen LogP contribution in [0.15, 0.2) is 41.5 Å². The van der Waals surface area contributed by atoms with Crippen LogP contribution >= 0.6 is 0 Å². The van der Waals surface area contributed by atoms with E-state index in [2.05, 4.69) is 24.4 Å². The first-order chi connectivity index (χ1) is 9.97. The number of nitrogens with one attached hydrogen (secondary N) is 1. The second-order valence-corrected chi connectivity index (χ2v) is 5.60. The van der Waals surface area contributed by atoms with E-state index < -0.39 is 5.91 Å². The van der Waals surface area contributed by atoms with E-state index in [1.807, 2.05) is 31.2 Å². The number of aromatic hydroxyl groups is 1. The van der Waals surface area contributed by atoms with Gasteiger partial charge in [0.2, 0.25) is 0 Å². The van der Waals surface area contributed by atoms with E-state index in [-0.39, 0.29) is 11.3 Å². The fourth-order valence-electron chi connectivity index (χ4n) is 2.25. The zero-order chi connectivity index (χ0) is 15.4. The van der Waals surface area contributed by atoms with E-state index in [0.717, 1.165) is 22.9 Å². The summed E-state index contributed by atoms with van der Waals surface area (Å²) < 4.78 is 0. The summed E-state index contributed by atoms with van der Waals surface area (Å²) in [4.78, 5) is 12.1. The zero-order valence-corrected chi connectivity index (χ0v) is 12.6. The van der Waals surface area contributed by atoms with Gasteiger partial charge in [0.1, 0.15) is 5.75 Å². The lowest BCUT2D eigenvalue weighted by molar-refractivity contribution is 0.0952. The molecule has 0 spiro atoms. The van der Waals surface area contributed by atoms with E-state index in [9.17, 15) is 9.90 Å². The SMILES string of the molecule is C/C(CC(C)C)=N\NC(=O)c1cc2ccccc2cc1O. The topological polar surface area (TPSA) is 61.7 Å². The lowest BCUT2D eigenvalue weighted by Gasteiger charge is -2.07. The number of phenolic OH excluding ortho intramolecular Hbond substituents is 1. The number of hydrogen-bond acceptors (Lipinski definition) is 3. The number of carbonyl (C=O) groups excluding carboxylic acids is 1. The summed E-state index contributed by atoms with van der Waals surface area (Å²) >= 11 is 0. The third-order valence-corrected chi connectivity index (χ3v) is 3.16. The maximum absolute atomic E-state index is 12.1. The lowest BCUT2D eigenvalue weighted by Crippen LogP contribution is -2.19. The van der Waals surface area contributed by atoms with Crippen molar-refractivity contribution < 1.29 is 9.90 Å². The number of amides is 1. The minimum absolute atomic E-state index is 0.0390. The second-order valence-electron chi connectivity index (χ2n) is 5.60. The quantitative estimate of drug-likeness (QED) is 0.664. The average Bonchev–Trinajstić information content (AvgIpc) is 2.43. The van der Waals surface area contributed by atoms with Crippen LogP contribution in [0.5, 0.6) is 5.75 Å². The summed E-state index contributed by atoms with van der Waals surface area (Å²) in [6.07, 6.45) is 0.823. The van der Waals surface area contributed by atoms with Gasteiger partial charge in [0.15, 0.2) is 0 Å². The molecule has 0 saturated carbocycles. The first kappa shape index (κ1) is 15.0. The highest BCUT2D eigenvalue weighted by Gasteiger charge is 2.12. The molecule has 0 aromatic heterocycles. The van der Waals surface area contributed by atoms with Crippen molar-refractivity contribution in [1.29, 1.82) is 0 Å². The maximum Gasteiger partial charge on any atom is 0.275 e. The average molecular weight is 284 g/mol. The van der Waals surface area contributed by atoms with Gasteiger partial charge in [-0.3, -0.25) is 4.79 Å². The van der Waals surface area contributed by atoms with Gasteiger partial charge in [0.25, 0.3) is 5.91 Å². The van der Waals surface area contributed by atoms with Crippen LogP contribution < -0.4 is 5.43 Å². The molecule has 110 valence electrons. The molecule has 0 aliphatic rings. The Balaban J connectivity index is 2.21. The molecule has 0 aliphatic heterocycles. The highest BCUT2D eigenvalue weighted by atomic mass is 16.3. The van der Waals surface area contributed by atoms with E-state index in [0.29, 0.717) is 5.92 Å². The van der Waals surface area contributed by atoms with Gasteiger partial charge >= 0.3 is 0 Å². The van der Waals surface area contributed by atoms with Crippen molar-refractivity contribution in [3.8, 4) is 5.75 Å². The van der Waals surface area contributed by atoms with E-state index in [1.54, 1.807) is 12.1 Å². The van der Waals surface area contributed by atoms with Crippen LogP contribution in [-0.2, 0) is 0 Å². The fraction of sp³-hybridized carbons (Fsp3) is 0.294. The molecule has 2 aromatic carbocycles. The Morgan fingerprint density at radius 2 is 1.86 bits per heavy atom. The molecule has 0 aliphatic carbocycles. The molecule has 0 heterocycles. The maximum atomic E-state index is 12.1. The van der Waals surface area contributed by atoms with E-state index in [4.69, 9.17) is 0 Å². The number of nitrogens with zero attached hydrogens (tertiary/aromatic N) is 1. The Hall–Kier alpha value is -2.36. The molecule has 2 aromatic rings. The molecule has 2 N–H and O–H groups in total. The Morgan fingerprint density at radius 1 is 1.24 bits per heavy atom. The van der Waals surface area contributed by atoms with Crippen molar-refractivity contribution in [1.82, 2.24) is 5.43 Å². The number of fused-ring (bicyclic) bond motifs is 1. The van der Waals surface area contributed by atoms with Crippen molar-refractivity contribution in [3.05, 3.63) is 42.0 Å². The van der Waals surface area contributed by atoms with Crippen LogP contribution in [0.1, 0.15) is 37.6 Å². The van der Waals surface area contributed by atoms with Crippen LogP contribution in [0.25, 0.3) is 10.8 Å². The van der Waals surface area contributed by atoms with Crippen molar-refractivity contribution in [2.24, 2.45) is 11.0 Å². The normalized spacial score (nSPS) is 11.9. The summed E-state index contributed by atoms with van der Waals surface area (Å²) in [7, 11) is 0. The summed E-state index contributed by atoms with van der Waals surface area (Å²) in [5.74, 6) is 0.0454. The molecule has 0 unspecified atom stereocenters. The van der Waals surface area contributed by atoms with Gasteiger partial charge in [-0.05, 0) is 42.2 Å². The number of hydrogen-bond donors (Lipinski definition) is 2. The van der Waals surface area contributed by atoms with Crippen molar-refractivity contribution in [2.45, 2.75) is 27.2 Å². The summed E-state index contributed by atoms with van der Waals surface area (Å²) in [5, 5.41) is 15.8. The molecule has 0 atom stereocenters. The van der Waals surface area contributed by atoms with Gasteiger partial charge in [-0.2, -0.15) is 5.10 Å². The van der Waals surface area contributed by atoms with Crippen LogP contribution in [0.2, 0.25) is 0 Å². The van der Waals surface area contributed by atoms with Gasteiger partial charge in [-0.25, -0.2) is 5.43 Å². The molecule has 1 amide bonds. The standard InChI is InChI=1S/C17H20N2O2/c1-11(2)8-12(3)18-19-17(21)15-9-13-6-4-5-7-14(13)10-16(15)20/h4-7,9-11,20H,8H2,1-3H3,(H,19,21)/b18-12+. The third-order valence-electron chi connectivity index (χ3n) is 3.16. The minimum Gasteiger partial charge on any atom is -0.507 e. The molecule has 0 fully saturated rings. The van der Waals surface area contributed by atoms with Gasteiger partial charge in [0, 0.05) is 5.71 Å². The van der Waals surface area contributed by atoms with Crippen molar-refractivity contribution in [2.75, 3.05) is 0 Å². The van der Waals surface area contributed by atoms with Gasteiger partial charge in [0.05, 0.1) is 5.56 Å². The molecule has 4 heteroatoms. The van der Waals surface area contributed by atoms with Crippen molar-refractivity contribution in [3.63, 3.8) is 0 Å². The predicted molar refractivity (Wildman–Crippen MR) is 85.6 cm³/mol. The smallest absolute Gasteiger partial charge is 0.275 e. The molecular weight excluding hydrogens is 264 g/mol. The molecule has 4 nitrogen and oxygen atoms in total. The Kier molecular flexibility index (Phi) is 4.58. The highest BCUT2D eigenvalue weighted by molar-refractivity contribution is 6.01. The monoisotopic (exact) mass is 284 g/mol. The predicted octanol–water partition coefficient (Wildman–Crippen LogP) is 3.70. The van der Waals surface area contributed by atoms with E-state index >= 15 is 0 Å². The van der Waals surface area contributed by atoms with Crippen LogP contribution in [0.4, 0.5) is 0 Å². The minimum atomic E-state index is -0.402. The first-order valence-corrected chi connectivity index (χ1v) is 7.02. The first-order valence-electron chi connectivity index (χ1n) is 7.02. The van der Waals surface area contributed by atoms with Crippen LogP contribution in [0, 0.1) is 5.92 Å². The summed E-state index contributed by atoms with van der Waals surface area (Å²) in [6, 6.07) is 10.8. The molecule has 0 bridgehead atoms. The highest BCUT2D eigenvalue weighted by Crippen LogP contribution is 2.24. The Labute approximate surface area is 124 Å². The summed E-state index contributed by atoms with van der Waals surface area (Å²) in [6.45, 7) is 6.06. The fourth-order valence-corrected chi connectivity index (χ4v) is 2.25. The number of rotatable bonds is 4. The number of benzene rings is 2. The van der Waals surface area contributed by atoms with Gasteiger partial charge in [-0.15, -0.1) is 0 Å². The van der Waals surface area contributed by atoms with Gasteiger partial charge in [-0.1, -0.05) is 38.1 Å². The number of phenols is 1. The van der Waals surface area contributed by atoms with E-state index in [1.165, 1.54) is 0 Å². The largest absolute Gasteiger partial charge is 0.507 e. The summed E-state index contributed by atoms with van der Waals surface area (Å²) in [5.41, 5.74) is 3.59. The lowest BCUT2D eigenvalue weighted by atomic mass is 10.1. The molecular formula is C17H20N2O2. The number of carbonyl (C=O) groups is 1. The van der Waals surface area contributed by atoms with Crippen LogP contribution in [0.3, 0.4) is 0 Å². The molecule has 21 heavy (non-hydrogen) atoms. The third kappa shape index (κ3) is 3.81. The van der Waals surface area contributed by atoms with Crippen molar-refractivity contribution >= 4 is 22.4 Å². The number of hydrazone groups is 1. The van der Waals surface area contributed by atoms with Gasteiger partial charge < -0.3 is 5.11 Å². The second kappa shape index (κ2) is 6.39. The molecule has 0 radical (unpaired) electrons. The molecule has 2 rings (SSSR count). The zero-order valence-electron chi connectivity index (χ0n) is 12.6. The van der Waals surface area contributed by atoms with Crippen LogP contribution in [-0.4, -0.2) is 16.7 Å². The Bertz CT molecular complexity index is 690.